The Labute approximate surface area is 227 Å². The second kappa shape index (κ2) is 11.9. The van der Waals surface area contributed by atoms with Crippen LogP contribution in [0.1, 0.15) is 69.4 Å². The first-order valence-electron chi connectivity index (χ1n) is 13.3. The number of hydrogen-bond donors (Lipinski definition) is 2. The number of halogens is 1. The molecule has 10 nitrogen and oxygen atoms in total. The van der Waals surface area contributed by atoms with Gasteiger partial charge in [0, 0.05) is 37.1 Å². The van der Waals surface area contributed by atoms with Gasteiger partial charge in [0.25, 0.3) is 0 Å². The molecule has 3 heterocycles. The Kier molecular flexibility index (Phi) is 8.57. The maximum Gasteiger partial charge on any atom is 0.407 e. The maximum absolute atomic E-state index is 14.4. The number of amides is 1. The maximum atomic E-state index is 14.4. The van der Waals surface area contributed by atoms with Crippen molar-refractivity contribution in [3.05, 3.63) is 53.6 Å². The van der Waals surface area contributed by atoms with Crippen molar-refractivity contribution in [1.29, 1.82) is 0 Å². The number of anilines is 2. The highest BCUT2D eigenvalue weighted by Crippen LogP contribution is 2.32. The minimum atomic E-state index is -0.527. The molecule has 0 radical (unpaired) electrons. The fourth-order valence-electron chi connectivity index (χ4n) is 4.68. The molecule has 1 amide bonds. The molecule has 0 saturated carbocycles. The molecule has 210 valence electrons. The number of aromatic nitrogens is 3. The van der Waals surface area contributed by atoms with Crippen LogP contribution in [0.25, 0.3) is 5.65 Å². The van der Waals surface area contributed by atoms with Gasteiger partial charge in [-0.25, -0.2) is 23.5 Å². The quantitative estimate of drug-likeness (QED) is 0.386. The third-order valence-corrected chi connectivity index (χ3v) is 6.57. The molecular formula is C28H37FN6O4. The zero-order valence-corrected chi connectivity index (χ0v) is 23.2. The van der Waals surface area contributed by atoms with Gasteiger partial charge in [-0.2, -0.15) is 5.10 Å². The van der Waals surface area contributed by atoms with Crippen molar-refractivity contribution < 1.29 is 23.5 Å². The van der Waals surface area contributed by atoms with E-state index in [1.165, 1.54) is 16.8 Å². The van der Waals surface area contributed by atoms with Gasteiger partial charge < -0.3 is 25.0 Å². The van der Waals surface area contributed by atoms with E-state index in [9.17, 15) is 14.0 Å². The van der Waals surface area contributed by atoms with Gasteiger partial charge in [0.1, 0.15) is 22.8 Å². The van der Waals surface area contributed by atoms with Crippen LogP contribution < -0.4 is 15.5 Å². The predicted octanol–water partition coefficient (Wildman–Crippen LogP) is 4.96. The van der Waals surface area contributed by atoms with Gasteiger partial charge >= 0.3 is 12.1 Å². The lowest BCUT2D eigenvalue weighted by Gasteiger charge is -2.36. The number of alkyl carbamates (subject to hydrolysis) is 1. The summed E-state index contributed by atoms with van der Waals surface area (Å²) in [6, 6.07) is 6.32. The van der Waals surface area contributed by atoms with Crippen molar-refractivity contribution in [2.45, 2.75) is 59.1 Å². The van der Waals surface area contributed by atoms with Crippen molar-refractivity contribution in [3.8, 4) is 0 Å². The molecule has 3 aromatic rings. The molecule has 11 heteroatoms. The number of fused-ring (bicyclic) bond motifs is 1. The molecule has 39 heavy (non-hydrogen) atoms. The first kappa shape index (κ1) is 28.1. The molecule has 1 fully saturated rings. The summed E-state index contributed by atoms with van der Waals surface area (Å²) in [6.45, 7) is 11.6. The van der Waals surface area contributed by atoms with Gasteiger partial charge in [0.2, 0.25) is 0 Å². The summed E-state index contributed by atoms with van der Waals surface area (Å²) in [7, 11) is 0. The number of ether oxygens (including phenoxy) is 2. The van der Waals surface area contributed by atoms with Crippen LogP contribution in [0, 0.1) is 11.7 Å². The number of carbonyl (C=O) groups is 2. The number of nitrogens with one attached hydrogen (secondary N) is 2. The average molecular weight is 541 g/mol. The summed E-state index contributed by atoms with van der Waals surface area (Å²) >= 11 is 0. The van der Waals surface area contributed by atoms with Gasteiger partial charge in [-0.1, -0.05) is 0 Å². The summed E-state index contributed by atoms with van der Waals surface area (Å²) in [4.78, 5) is 31.1. The summed E-state index contributed by atoms with van der Waals surface area (Å²) < 4.78 is 26.3. The molecule has 1 unspecified atom stereocenters. The van der Waals surface area contributed by atoms with Crippen LogP contribution in [0.3, 0.4) is 0 Å². The van der Waals surface area contributed by atoms with Crippen molar-refractivity contribution in [3.63, 3.8) is 0 Å². The molecular weight excluding hydrogens is 503 g/mol. The Bertz CT molecular complexity index is 1310. The topological polar surface area (TPSA) is 110 Å². The Morgan fingerprint density at radius 1 is 1.21 bits per heavy atom. The van der Waals surface area contributed by atoms with E-state index in [1.807, 2.05) is 33.8 Å². The molecule has 1 aliphatic rings. The van der Waals surface area contributed by atoms with E-state index in [1.54, 1.807) is 25.3 Å². The standard InChI is InChI=1S/C28H37FN6O4/c1-6-38-26(36)22-17-31-35-14-11-24(33-25(22)35)32-18(2)21-15-20(29)7-8-23(21)34-12-9-19(10-13-34)16-30-27(37)39-28(3,4)5/h7-8,11,14-15,17-19H,6,9-10,12-13,16H2,1-5H3,(H,30,37)(H,32,33). The lowest BCUT2D eigenvalue weighted by molar-refractivity contribution is 0.0510. The molecule has 0 spiro atoms. The van der Waals surface area contributed by atoms with E-state index >= 15 is 0 Å². The molecule has 1 saturated heterocycles. The second-order valence-corrected chi connectivity index (χ2v) is 10.7. The predicted molar refractivity (Wildman–Crippen MR) is 147 cm³/mol. The van der Waals surface area contributed by atoms with Gasteiger partial charge in [0.15, 0.2) is 5.65 Å². The highest BCUT2D eigenvalue weighted by Gasteiger charge is 2.25. The van der Waals surface area contributed by atoms with E-state index in [-0.39, 0.29) is 24.0 Å². The third-order valence-electron chi connectivity index (χ3n) is 6.57. The van der Waals surface area contributed by atoms with E-state index in [0.29, 0.717) is 23.9 Å². The molecule has 2 N–H and O–H groups in total. The van der Waals surface area contributed by atoms with Crippen molar-refractivity contribution in [2.75, 3.05) is 36.5 Å². The SMILES string of the molecule is CCOC(=O)c1cnn2ccc(NC(C)c3cc(F)ccc3N3CCC(CNC(=O)OC(C)(C)C)CC3)nc12. The van der Waals surface area contributed by atoms with Crippen LogP contribution in [0.15, 0.2) is 36.7 Å². The first-order chi connectivity index (χ1) is 18.5. The van der Waals surface area contributed by atoms with Crippen LogP contribution in [0.5, 0.6) is 0 Å². The number of carbonyl (C=O) groups excluding carboxylic acids is 2. The minimum absolute atomic E-state index is 0.255. The first-order valence-corrected chi connectivity index (χ1v) is 13.3. The van der Waals surface area contributed by atoms with Gasteiger partial charge in [-0.3, -0.25) is 0 Å². The molecule has 1 aliphatic heterocycles. The van der Waals surface area contributed by atoms with Gasteiger partial charge in [0.05, 0.1) is 18.8 Å². The lowest BCUT2D eigenvalue weighted by atomic mass is 9.95. The second-order valence-electron chi connectivity index (χ2n) is 10.7. The zero-order chi connectivity index (χ0) is 28.2. The fourth-order valence-corrected chi connectivity index (χ4v) is 4.68. The normalized spacial score (nSPS) is 15.2. The van der Waals surface area contributed by atoms with Crippen LogP contribution in [0.4, 0.5) is 20.7 Å². The molecule has 4 rings (SSSR count). The number of benzene rings is 1. The van der Waals surface area contributed by atoms with Crippen LogP contribution in [-0.4, -0.2) is 58.5 Å². The van der Waals surface area contributed by atoms with Gasteiger partial charge in [-0.05, 0) is 77.6 Å². The van der Waals surface area contributed by atoms with E-state index in [4.69, 9.17) is 9.47 Å². The van der Waals surface area contributed by atoms with Crippen molar-refractivity contribution in [1.82, 2.24) is 19.9 Å². The minimum Gasteiger partial charge on any atom is -0.462 e. The Morgan fingerprint density at radius 3 is 2.64 bits per heavy atom. The lowest BCUT2D eigenvalue weighted by Crippen LogP contribution is -2.40. The van der Waals surface area contributed by atoms with E-state index < -0.39 is 17.7 Å². The zero-order valence-electron chi connectivity index (χ0n) is 23.2. The number of piperidine rings is 1. The molecule has 0 aliphatic carbocycles. The summed E-state index contributed by atoms with van der Waals surface area (Å²) in [5.74, 6) is 0.0709. The molecule has 0 bridgehead atoms. The van der Waals surface area contributed by atoms with Crippen LogP contribution in [0.2, 0.25) is 0 Å². The third kappa shape index (κ3) is 7.15. The van der Waals surface area contributed by atoms with E-state index in [2.05, 4.69) is 25.6 Å². The number of nitrogens with zero attached hydrogens (tertiary/aromatic N) is 4. The highest BCUT2D eigenvalue weighted by atomic mass is 19.1. The van der Waals surface area contributed by atoms with Crippen molar-refractivity contribution in [2.24, 2.45) is 5.92 Å². The monoisotopic (exact) mass is 540 g/mol. The van der Waals surface area contributed by atoms with E-state index in [0.717, 1.165) is 37.2 Å². The average Bonchev–Trinajstić information content (AvgIpc) is 3.30. The summed E-state index contributed by atoms with van der Waals surface area (Å²) in [5, 5.41) is 10.4. The largest absolute Gasteiger partial charge is 0.462 e. The van der Waals surface area contributed by atoms with Crippen molar-refractivity contribution >= 4 is 29.2 Å². The molecule has 1 aromatic carbocycles. The number of hydrogen-bond acceptors (Lipinski definition) is 8. The Morgan fingerprint density at radius 2 is 1.95 bits per heavy atom. The van der Waals surface area contributed by atoms with Crippen LogP contribution in [-0.2, 0) is 9.47 Å². The highest BCUT2D eigenvalue weighted by molar-refractivity contribution is 5.95. The van der Waals surface area contributed by atoms with Gasteiger partial charge in [-0.15, -0.1) is 0 Å². The number of rotatable bonds is 8. The molecule has 2 aromatic heterocycles. The molecule has 1 atom stereocenters. The Hall–Kier alpha value is -3.89. The number of esters is 1. The van der Waals surface area contributed by atoms with Crippen LogP contribution >= 0.6 is 0 Å². The fraction of sp³-hybridized carbons (Fsp3) is 0.500. The summed E-state index contributed by atoms with van der Waals surface area (Å²) in [6.07, 6.45) is 4.53. The Balaban J connectivity index is 1.43. The summed E-state index contributed by atoms with van der Waals surface area (Å²) in [5.41, 5.74) is 1.89. The smallest absolute Gasteiger partial charge is 0.407 e.